The third kappa shape index (κ3) is 3.68. The third-order valence-electron chi connectivity index (χ3n) is 3.07. The molecule has 9 nitrogen and oxygen atoms in total. The first-order valence-corrected chi connectivity index (χ1v) is 6.71. The van der Waals surface area contributed by atoms with E-state index in [0.717, 1.165) is 4.57 Å². The second-order valence-corrected chi connectivity index (χ2v) is 4.90. The molecule has 22 heavy (non-hydrogen) atoms. The Bertz CT molecular complexity index is 628. The maximum atomic E-state index is 12.1. The fourth-order valence-corrected chi connectivity index (χ4v) is 2.25. The topological polar surface area (TPSA) is 120 Å². The lowest BCUT2D eigenvalue weighted by Gasteiger charge is -2.20. The summed E-state index contributed by atoms with van der Waals surface area (Å²) >= 11 is 0. The largest absolute Gasteiger partial charge is 0.458 e. The molecule has 0 bridgehead atoms. The molecule has 2 heterocycles. The fourth-order valence-electron chi connectivity index (χ4n) is 2.25. The summed E-state index contributed by atoms with van der Waals surface area (Å²) < 4.78 is 11.8. The van der Waals surface area contributed by atoms with Gasteiger partial charge in [-0.2, -0.15) is 4.98 Å². The second-order valence-electron chi connectivity index (χ2n) is 4.90. The van der Waals surface area contributed by atoms with Crippen LogP contribution in [0.1, 0.15) is 26.5 Å². The van der Waals surface area contributed by atoms with Gasteiger partial charge in [-0.3, -0.25) is 14.2 Å². The average Bonchev–Trinajstić information content (AvgIpc) is 2.80. The smallest absolute Gasteiger partial charge is 0.351 e. The highest BCUT2D eigenvalue weighted by molar-refractivity contribution is 5.87. The van der Waals surface area contributed by atoms with Crippen LogP contribution in [0.4, 0.5) is 5.82 Å². The van der Waals surface area contributed by atoms with Crippen LogP contribution in [0.2, 0.25) is 0 Å². The van der Waals surface area contributed by atoms with Crippen LogP contribution < -0.4 is 11.0 Å². The van der Waals surface area contributed by atoms with Crippen LogP contribution in [0.3, 0.4) is 0 Å². The van der Waals surface area contributed by atoms with E-state index < -0.39 is 30.1 Å². The van der Waals surface area contributed by atoms with Crippen molar-refractivity contribution < 1.29 is 24.2 Å². The summed E-state index contributed by atoms with van der Waals surface area (Å²) in [6.45, 7) is 2.31. The second kappa shape index (κ2) is 6.67. The molecule has 1 fully saturated rings. The summed E-state index contributed by atoms with van der Waals surface area (Å²) in [7, 11) is 0. The molecule has 9 heteroatoms. The van der Waals surface area contributed by atoms with Gasteiger partial charge in [0.15, 0.2) is 6.23 Å². The Balaban J connectivity index is 2.26. The summed E-state index contributed by atoms with van der Waals surface area (Å²) in [6.07, 6.45) is -0.424. The molecule has 0 saturated carbocycles. The van der Waals surface area contributed by atoms with Crippen molar-refractivity contribution in [2.45, 2.75) is 38.7 Å². The van der Waals surface area contributed by atoms with E-state index in [9.17, 15) is 19.5 Å². The molecular formula is C13H17N3O6. The third-order valence-corrected chi connectivity index (χ3v) is 3.07. The maximum Gasteiger partial charge on any atom is 0.351 e. The molecule has 3 atom stereocenters. The minimum Gasteiger partial charge on any atom is -0.458 e. The number of nitrogens with zero attached hydrogens (tertiary/aromatic N) is 2. The zero-order valence-corrected chi connectivity index (χ0v) is 12.2. The van der Waals surface area contributed by atoms with Crippen molar-refractivity contribution in [1.29, 1.82) is 0 Å². The molecule has 1 aromatic heterocycles. The molecule has 1 aliphatic heterocycles. The van der Waals surface area contributed by atoms with Crippen LogP contribution in [0.5, 0.6) is 0 Å². The number of nitrogens with one attached hydrogen (secondary N) is 1. The molecule has 0 radical (unpaired) electrons. The van der Waals surface area contributed by atoms with Crippen LogP contribution in [0.25, 0.3) is 0 Å². The molecule has 2 N–H and O–H groups in total. The molecule has 0 aromatic carbocycles. The number of carbonyl (C=O) groups excluding carboxylic acids is 2. The molecule has 0 aliphatic carbocycles. The van der Waals surface area contributed by atoms with E-state index in [0.29, 0.717) is 0 Å². The molecule has 0 unspecified atom stereocenters. The highest BCUT2D eigenvalue weighted by atomic mass is 16.6. The molecule has 2 rings (SSSR count). The Morgan fingerprint density at radius 1 is 1.55 bits per heavy atom. The highest BCUT2D eigenvalue weighted by Crippen LogP contribution is 2.30. The van der Waals surface area contributed by atoms with Crippen molar-refractivity contribution in [2.75, 3.05) is 11.9 Å². The van der Waals surface area contributed by atoms with Gasteiger partial charge in [-0.15, -0.1) is 0 Å². The minimum absolute atomic E-state index is 0.120. The zero-order chi connectivity index (χ0) is 16.3. The Labute approximate surface area is 125 Å². The molecule has 120 valence electrons. The predicted octanol–water partition coefficient (Wildman–Crippen LogP) is -0.587. The number of hydrogen-bond acceptors (Lipinski definition) is 7. The molecule has 0 spiro atoms. The van der Waals surface area contributed by atoms with Gasteiger partial charge in [0, 0.05) is 26.5 Å². The molecule has 1 amide bonds. The fraction of sp³-hybridized carbons (Fsp3) is 0.538. The van der Waals surface area contributed by atoms with E-state index in [1.165, 1.54) is 26.1 Å². The first-order valence-electron chi connectivity index (χ1n) is 6.71. The number of carbonyl (C=O) groups is 2. The number of aromatic nitrogens is 2. The monoisotopic (exact) mass is 311 g/mol. The lowest BCUT2D eigenvalue weighted by molar-refractivity contribution is -0.152. The van der Waals surface area contributed by atoms with E-state index in [4.69, 9.17) is 9.47 Å². The Morgan fingerprint density at radius 2 is 2.27 bits per heavy atom. The zero-order valence-electron chi connectivity index (χ0n) is 12.2. The maximum absolute atomic E-state index is 12.1. The number of aliphatic hydroxyl groups excluding tert-OH is 1. The van der Waals surface area contributed by atoms with Gasteiger partial charge in [-0.1, -0.05) is 0 Å². The molecule has 1 aromatic rings. The van der Waals surface area contributed by atoms with Gasteiger partial charge in [0.2, 0.25) is 5.91 Å². The van der Waals surface area contributed by atoms with Crippen molar-refractivity contribution >= 4 is 17.7 Å². The first kappa shape index (κ1) is 16.1. The molecular weight excluding hydrogens is 294 g/mol. The Morgan fingerprint density at radius 3 is 2.82 bits per heavy atom. The summed E-state index contributed by atoms with van der Waals surface area (Å²) in [4.78, 5) is 37.9. The van der Waals surface area contributed by atoms with Gasteiger partial charge in [-0.05, 0) is 6.07 Å². The van der Waals surface area contributed by atoms with Crippen molar-refractivity contribution in [3.05, 3.63) is 22.7 Å². The van der Waals surface area contributed by atoms with Crippen LogP contribution in [0, 0.1) is 0 Å². The average molecular weight is 311 g/mol. The van der Waals surface area contributed by atoms with Crippen LogP contribution in [-0.2, 0) is 19.1 Å². The van der Waals surface area contributed by atoms with E-state index in [-0.39, 0.29) is 24.8 Å². The number of esters is 1. The standard InChI is InChI=1S/C13H17N3O6/c1-7(18)14-11-3-4-16(13(20)15-11)12-10(21-8(2)19)5-9(6-17)22-12/h3-4,9-10,12,17H,5-6H2,1-2H3,(H,14,15,18,20)/t9-,10-,12+/m0/s1. The number of rotatable bonds is 4. The lowest BCUT2D eigenvalue weighted by atomic mass is 10.2. The van der Waals surface area contributed by atoms with Gasteiger partial charge in [0.25, 0.3) is 0 Å². The van der Waals surface area contributed by atoms with Gasteiger partial charge >= 0.3 is 11.7 Å². The Hall–Kier alpha value is -2.26. The normalized spacial score (nSPS) is 24.0. The van der Waals surface area contributed by atoms with Crippen LogP contribution in [0.15, 0.2) is 17.1 Å². The van der Waals surface area contributed by atoms with Crippen molar-refractivity contribution in [2.24, 2.45) is 0 Å². The van der Waals surface area contributed by atoms with Crippen LogP contribution in [-0.4, -0.2) is 45.3 Å². The molecule has 1 saturated heterocycles. The number of hydrogen-bond donors (Lipinski definition) is 2. The van der Waals surface area contributed by atoms with E-state index in [2.05, 4.69) is 10.3 Å². The van der Waals surface area contributed by atoms with Crippen LogP contribution >= 0.6 is 0 Å². The quantitative estimate of drug-likeness (QED) is 0.713. The van der Waals surface area contributed by atoms with E-state index in [1.54, 1.807) is 0 Å². The van der Waals surface area contributed by atoms with Gasteiger partial charge in [0.1, 0.15) is 11.9 Å². The van der Waals surface area contributed by atoms with Gasteiger partial charge < -0.3 is 19.9 Å². The van der Waals surface area contributed by atoms with E-state index >= 15 is 0 Å². The Kier molecular flexibility index (Phi) is 4.88. The summed E-state index contributed by atoms with van der Waals surface area (Å²) in [5.74, 6) is -0.734. The summed E-state index contributed by atoms with van der Waals surface area (Å²) in [5.41, 5.74) is -0.660. The number of ether oxygens (including phenoxy) is 2. The SMILES string of the molecule is CC(=O)Nc1ccn([C@@H]2O[C@H](CO)C[C@@H]2OC(C)=O)c(=O)n1. The predicted molar refractivity (Wildman–Crippen MR) is 74.0 cm³/mol. The van der Waals surface area contributed by atoms with Crippen molar-refractivity contribution in [1.82, 2.24) is 9.55 Å². The first-order chi connectivity index (χ1) is 10.4. The van der Waals surface area contributed by atoms with Gasteiger partial charge in [0.05, 0.1) is 12.7 Å². The lowest BCUT2D eigenvalue weighted by Crippen LogP contribution is -2.34. The summed E-state index contributed by atoms with van der Waals surface area (Å²) in [5, 5.41) is 11.6. The van der Waals surface area contributed by atoms with Gasteiger partial charge in [-0.25, -0.2) is 4.79 Å². The van der Waals surface area contributed by atoms with Crippen molar-refractivity contribution in [3.8, 4) is 0 Å². The number of aliphatic hydroxyl groups is 1. The number of anilines is 1. The van der Waals surface area contributed by atoms with Crippen molar-refractivity contribution in [3.63, 3.8) is 0 Å². The highest BCUT2D eigenvalue weighted by Gasteiger charge is 2.39. The van der Waals surface area contributed by atoms with E-state index in [1.807, 2.05) is 0 Å². The number of amides is 1. The minimum atomic E-state index is -0.868. The molecule has 1 aliphatic rings. The summed E-state index contributed by atoms with van der Waals surface area (Å²) in [6, 6.07) is 1.43.